The number of halogens is 3. The highest BCUT2D eigenvalue weighted by Crippen LogP contribution is 2.39. The third-order valence-corrected chi connectivity index (χ3v) is 4.73. The molecule has 2 aromatic rings. The number of aromatic nitrogens is 2. The minimum Gasteiger partial charge on any atom is -0.424 e. The van der Waals surface area contributed by atoms with Crippen molar-refractivity contribution < 1.29 is 17.6 Å². The van der Waals surface area contributed by atoms with E-state index in [9.17, 15) is 13.2 Å². The minimum absolute atomic E-state index is 0.109. The van der Waals surface area contributed by atoms with Crippen molar-refractivity contribution in [3.8, 4) is 0 Å². The molecule has 1 aliphatic heterocycles. The molecule has 0 unspecified atom stereocenters. The van der Waals surface area contributed by atoms with Gasteiger partial charge in [-0.3, -0.25) is 4.90 Å². The van der Waals surface area contributed by atoms with Crippen LogP contribution in [-0.4, -0.2) is 28.2 Å². The first-order chi connectivity index (χ1) is 11.5. The summed E-state index contributed by atoms with van der Waals surface area (Å²) in [5.41, 5.74) is 0.168. The summed E-state index contributed by atoms with van der Waals surface area (Å²) in [6, 6.07) is 5.65. The largest absolute Gasteiger partial charge is 0.424 e. The fourth-order valence-corrected chi connectivity index (χ4v) is 3.23. The highest BCUT2D eigenvalue weighted by molar-refractivity contribution is 5.29. The van der Waals surface area contributed by atoms with Gasteiger partial charge in [0.05, 0.1) is 12.1 Å². The SMILES string of the molecule is FC(F)(F)c1cccc([C@H]2CCN(Cc3nnc(C4CC4)o3)C2)c1. The Balaban J connectivity index is 1.40. The van der Waals surface area contributed by atoms with Crippen LogP contribution in [0.3, 0.4) is 0 Å². The van der Waals surface area contributed by atoms with E-state index in [1.807, 2.05) is 0 Å². The lowest BCUT2D eigenvalue weighted by atomic mass is 9.96. The van der Waals surface area contributed by atoms with Gasteiger partial charge in [0.1, 0.15) is 0 Å². The zero-order valence-corrected chi connectivity index (χ0v) is 13.1. The Morgan fingerprint density at radius 1 is 1.12 bits per heavy atom. The van der Waals surface area contributed by atoms with E-state index in [0.717, 1.165) is 43.3 Å². The molecular formula is C17H18F3N3O. The van der Waals surface area contributed by atoms with Crippen LogP contribution in [0.15, 0.2) is 28.7 Å². The summed E-state index contributed by atoms with van der Waals surface area (Å²) in [4.78, 5) is 2.16. The highest BCUT2D eigenvalue weighted by Gasteiger charge is 2.33. The number of hydrogen-bond acceptors (Lipinski definition) is 4. The smallest absolute Gasteiger partial charge is 0.416 e. The molecule has 4 rings (SSSR count). The van der Waals surface area contributed by atoms with Crippen LogP contribution in [0.1, 0.15) is 54.0 Å². The molecule has 7 heteroatoms. The molecule has 2 aliphatic rings. The maximum absolute atomic E-state index is 12.9. The molecule has 1 saturated carbocycles. The van der Waals surface area contributed by atoms with Crippen LogP contribution in [0.25, 0.3) is 0 Å². The molecule has 4 nitrogen and oxygen atoms in total. The summed E-state index contributed by atoms with van der Waals surface area (Å²) in [7, 11) is 0. The Hall–Kier alpha value is -1.89. The fraction of sp³-hybridized carbons (Fsp3) is 0.529. The maximum atomic E-state index is 12.9. The van der Waals surface area contributed by atoms with Gasteiger partial charge in [-0.05, 0) is 43.4 Å². The second kappa shape index (κ2) is 5.88. The van der Waals surface area contributed by atoms with Crippen molar-refractivity contribution >= 4 is 0 Å². The van der Waals surface area contributed by atoms with Gasteiger partial charge in [0.2, 0.25) is 11.8 Å². The van der Waals surface area contributed by atoms with Crippen molar-refractivity contribution in [2.45, 2.75) is 43.8 Å². The van der Waals surface area contributed by atoms with E-state index in [4.69, 9.17) is 4.42 Å². The average molecular weight is 337 g/mol. The molecule has 0 bridgehead atoms. The molecule has 1 aromatic heterocycles. The van der Waals surface area contributed by atoms with E-state index in [-0.39, 0.29) is 5.92 Å². The van der Waals surface area contributed by atoms with Gasteiger partial charge in [-0.1, -0.05) is 18.2 Å². The molecule has 0 radical (unpaired) electrons. The molecular weight excluding hydrogens is 319 g/mol. The van der Waals surface area contributed by atoms with Crippen LogP contribution in [0.2, 0.25) is 0 Å². The van der Waals surface area contributed by atoms with Gasteiger partial charge < -0.3 is 4.42 Å². The Morgan fingerprint density at radius 2 is 1.96 bits per heavy atom. The zero-order valence-electron chi connectivity index (χ0n) is 13.1. The lowest BCUT2D eigenvalue weighted by Gasteiger charge is -2.15. The van der Waals surface area contributed by atoms with E-state index >= 15 is 0 Å². The second-order valence-electron chi connectivity index (χ2n) is 6.65. The predicted molar refractivity (Wildman–Crippen MR) is 80.4 cm³/mol. The number of hydrogen-bond donors (Lipinski definition) is 0. The van der Waals surface area contributed by atoms with Crippen LogP contribution in [0.5, 0.6) is 0 Å². The van der Waals surface area contributed by atoms with Crippen molar-refractivity contribution in [3.05, 3.63) is 47.2 Å². The summed E-state index contributed by atoms with van der Waals surface area (Å²) in [6.07, 6.45) is -1.23. The van der Waals surface area contributed by atoms with E-state index in [0.29, 0.717) is 24.9 Å². The van der Waals surface area contributed by atoms with Gasteiger partial charge in [-0.25, -0.2) is 0 Å². The molecule has 128 valence electrons. The van der Waals surface area contributed by atoms with Crippen LogP contribution >= 0.6 is 0 Å². The third-order valence-electron chi connectivity index (χ3n) is 4.73. The molecule has 2 heterocycles. The van der Waals surface area contributed by atoms with Crippen LogP contribution in [0.4, 0.5) is 13.2 Å². The molecule has 0 spiro atoms. The highest BCUT2D eigenvalue weighted by atomic mass is 19.4. The molecule has 24 heavy (non-hydrogen) atoms. The number of alkyl halides is 3. The minimum atomic E-state index is -4.29. The quantitative estimate of drug-likeness (QED) is 0.847. The van der Waals surface area contributed by atoms with Gasteiger partial charge in [-0.15, -0.1) is 10.2 Å². The standard InChI is InChI=1S/C17H18F3N3O/c18-17(19,20)14-3-1-2-12(8-14)13-6-7-23(9-13)10-15-21-22-16(24-15)11-4-5-11/h1-3,8,11,13H,4-7,9-10H2/t13-/m0/s1. The number of likely N-dealkylation sites (tertiary alicyclic amines) is 1. The van der Waals surface area contributed by atoms with Crippen molar-refractivity contribution in [1.82, 2.24) is 15.1 Å². The van der Waals surface area contributed by atoms with E-state index < -0.39 is 11.7 Å². The summed E-state index contributed by atoms with van der Waals surface area (Å²) in [5.74, 6) is 1.86. The Kier molecular flexibility index (Phi) is 3.83. The van der Waals surface area contributed by atoms with Gasteiger partial charge in [0, 0.05) is 12.5 Å². The second-order valence-corrected chi connectivity index (χ2v) is 6.65. The first-order valence-electron chi connectivity index (χ1n) is 8.21. The van der Waals surface area contributed by atoms with Gasteiger partial charge in [0.15, 0.2) is 0 Å². The van der Waals surface area contributed by atoms with Crippen molar-refractivity contribution in [2.75, 3.05) is 13.1 Å². The third kappa shape index (κ3) is 3.31. The van der Waals surface area contributed by atoms with E-state index in [1.165, 1.54) is 12.1 Å². The topological polar surface area (TPSA) is 42.2 Å². The number of benzene rings is 1. The van der Waals surface area contributed by atoms with E-state index in [1.54, 1.807) is 6.07 Å². The van der Waals surface area contributed by atoms with Crippen molar-refractivity contribution in [1.29, 1.82) is 0 Å². The molecule has 1 saturated heterocycles. The first-order valence-corrected chi connectivity index (χ1v) is 8.21. The van der Waals surface area contributed by atoms with E-state index in [2.05, 4.69) is 15.1 Å². The molecule has 2 fully saturated rings. The normalized spacial score (nSPS) is 22.2. The Morgan fingerprint density at radius 3 is 2.71 bits per heavy atom. The van der Waals surface area contributed by atoms with Crippen LogP contribution < -0.4 is 0 Å². The first kappa shape index (κ1) is 15.6. The van der Waals surface area contributed by atoms with Gasteiger partial charge in [-0.2, -0.15) is 13.2 Å². The van der Waals surface area contributed by atoms with Crippen molar-refractivity contribution in [2.24, 2.45) is 0 Å². The molecule has 1 aliphatic carbocycles. The summed E-state index contributed by atoms with van der Waals surface area (Å²) >= 11 is 0. The lowest BCUT2D eigenvalue weighted by Crippen LogP contribution is -2.20. The monoisotopic (exact) mass is 337 g/mol. The Labute approximate surface area is 137 Å². The molecule has 1 aromatic carbocycles. The Bertz CT molecular complexity index is 724. The van der Waals surface area contributed by atoms with Gasteiger partial charge in [0.25, 0.3) is 0 Å². The average Bonchev–Trinajstić information content (AvgIpc) is 3.12. The van der Waals surface area contributed by atoms with Crippen LogP contribution in [-0.2, 0) is 12.7 Å². The summed E-state index contributed by atoms with van der Waals surface area (Å²) < 4.78 is 44.2. The maximum Gasteiger partial charge on any atom is 0.416 e. The number of nitrogens with zero attached hydrogens (tertiary/aromatic N) is 3. The molecule has 0 amide bonds. The summed E-state index contributed by atoms with van der Waals surface area (Å²) in [5, 5.41) is 8.15. The predicted octanol–water partition coefficient (Wildman–Crippen LogP) is 3.96. The fourth-order valence-electron chi connectivity index (χ4n) is 3.23. The van der Waals surface area contributed by atoms with Crippen LogP contribution in [0, 0.1) is 0 Å². The lowest BCUT2D eigenvalue weighted by molar-refractivity contribution is -0.137. The zero-order chi connectivity index (χ0) is 16.7. The van der Waals surface area contributed by atoms with Crippen molar-refractivity contribution in [3.63, 3.8) is 0 Å². The molecule has 1 atom stereocenters. The molecule has 0 N–H and O–H groups in total. The number of rotatable bonds is 4. The summed E-state index contributed by atoms with van der Waals surface area (Å²) in [6.45, 7) is 2.10. The van der Waals surface area contributed by atoms with Gasteiger partial charge >= 0.3 is 6.18 Å².